The van der Waals surface area contributed by atoms with E-state index in [1.165, 1.54) is 0 Å². The summed E-state index contributed by atoms with van der Waals surface area (Å²) < 4.78 is 32.8. The van der Waals surface area contributed by atoms with E-state index in [2.05, 4.69) is 13.8 Å². The van der Waals surface area contributed by atoms with Crippen molar-refractivity contribution in [1.29, 1.82) is 0 Å². The number of sulfonamides is 1. The third kappa shape index (κ3) is 4.45. The van der Waals surface area contributed by atoms with Crippen LogP contribution in [0.15, 0.2) is 54.1 Å². The third-order valence-electron chi connectivity index (χ3n) is 6.10. The molecule has 2 heterocycles. The van der Waals surface area contributed by atoms with E-state index < -0.39 is 15.9 Å². The van der Waals surface area contributed by atoms with Crippen LogP contribution in [0.2, 0.25) is 0 Å². The van der Waals surface area contributed by atoms with Crippen LogP contribution < -0.4 is 0 Å². The second kappa shape index (κ2) is 9.11. The van der Waals surface area contributed by atoms with Gasteiger partial charge in [-0.1, -0.05) is 50.2 Å². The molecule has 8 heteroatoms. The van der Waals surface area contributed by atoms with Gasteiger partial charge in [0.2, 0.25) is 0 Å². The highest BCUT2D eigenvalue weighted by Gasteiger charge is 2.42. The summed E-state index contributed by atoms with van der Waals surface area (Å²) in [5.74, 6) is -0.281. The Morgan fingerprint density at radius 3 is 2.18 bits per heavy atom. The van der Waals surface area contributed by atoms with Gasteiger partial charge in [0.15, 0.2) is 0 Å². The average Bonchev–Trinajstić information content (AvgIpc) is 2.98. The van der Waals surface area contributed by atoms with Gasteiger partial charge < -0.3 is 9.64 Å². The van der Waals surface area contributed by atoms with Gasteiger partial charge in [0.25, 0.3) is 21.8 Å². The SMILES string of the molecule is CC1=C(c2ccc(C(C)C)cc2)S(=O)(=O)N(Cc2ccc(C(=O)N3CCOCC3)cc2)C1=O. The van der Waals surface area contributed by atoms with Gasteiger partial charge in [-0.3, -0.25) is 9.59 Å². The van der Waals surface area contributed by atoms with Crippen molar-refractivity contribution in [3.05, 3.63) is 76.4 Å². The number of hydrogen-bond acceptors (Lipinski definition) is 5. The summed E-state index contributed by atoms with van der Waals surface area (Å²) >= 11 is 0. The molecule has 0 radical (unpaired) electrons. The van der Waals surface area contributed by atoms with Crippen molar-refractivity contribution in [3.63, 3.8) is 0 Å². The Labute approximate surface area is 194 Å². The van der Waals surface area contributed by atoms with E-state index in [1.807, 2.05) is 12.1 Å². The highest BCUT2D eigenvalue weighted by Crippen LogP contribution is 2.36. The van der Waals surface area contributed by atoms with Crippen molar-refractivity contribution in [3.8, 4) is 0 Å². The fraction of sp³-hybridized carbons (Fsp3) is 0.360. The molecule has 4 rings (SSSR count). The van der Waals surface area contributed by atoms with Crippen LogP contribution in [-0.4, -0.2) is 55.7 Å². The molecule has 33 heavy (non-hydrogen) atoms. The molecule has 7 nitrogen and oxygen atoms in total. The maximum absolute atomic E-state index is 13.3. The minimum atomic E-state index is -3.98. The van der Waals surface area contributed by atoms with E-state index in [-0.39, 0.29) is 22.9 Å². The molecule has 0 atom stereocenters. The standard InChI is InChI=1S/C25H28N2O5S/c1-17(2)20-8-10-21(11-9-20)23-18(3)24(28)27(33(23,30)31)16-19-4-6-22(7-5-19)25(29)26-12-14-32-15-13-26/h4-11,17H,12-16H2,1-3H3. The molecule has 1 saturated heterocycles. The van der Waals surface area contributed by atoms with Crippen molar-refractivity contribution in [2.24, 2.45) is 0 Å². The molecule has 0 aliphatic carbocycles. The second-order valence-electron chi connectivity index (χ2n) is 8.65. The molecule has 0 unspecified atom stereocenters. The lowest BCUT2D eigenvalue weighted by atomic mass is 10.0. The number of nitrogens with zero attached hydrogens (tertiary/aromatic N) is 2. The maximum atomic E-state index is 13.3. The van der Waals surface area contributed by atoms with Crippen molar-refractivity contribution in [2.45, 2.75) is 33.2 Å². The number of amides is 2. The first kappa shape index (κ1) is 23.2. The van der Waals surface area contributed by atoms with Crippen LogP contribution >= 0.6 is 0 Å². The molecule has 0 saturated carbocycles. The molecule has 0 spiro atoms. The van der Waals surface area contributed by atoms with Gasteiger partial charge in [-0.05, 0) is 41.7 Å². The summed E-state index contributed by atoms with van der Waals surface area (Å²) in [5.41, 5.74) is 2.99. The number of carbonyl (C=O) groups is 2. The van der Waals surface area contributed by atoms with E-state index >= 15 is 0 Å². The second-order valence-corrected chi connectivity index (χ2v) is 10.4. The average molecular weight is 469 g/mol. The van der Waals surface area contributed by atoms with Crippen molar-refractivity contribution in [2.75, 3.05) is 26.3 Å². The first-order valence-electron chi connectivity index (χ1n) is 11.0. The zero-order valence-electron chi connectivity index (χ0n) is 19.1. The Bertz CT molecular complexity index is 1190. The molecular formula is C25H28N2O5S. The first-order valence-corrected chi connectivity index (χ1v) is 12.5. The van der Waals surface area contributed by atoms with Gasteiger partial charge >= 0.3 is 0 Å². The fourth-order valence-electron chi connectivity index (χ4n) is 4.11. The van der Waals surface area contributed by atoms with Gasteiger partial charge in [0.1, 0.15) is 4.91 Å². The van der Waals surface area contributed by atoms with E-state index in [0.29, 0.717) is 48.9 Å². The summed E-state index contributed by atoms with van der Waals surface area (Å²) in [6.45, 7) is 7.74. The topological polar surface area (TPSA) is 84.0 Å². The third-order valence-corrected chi connectivity index (χ3v) is 8.03. The predicted molar refractivity (Wildman–Crippen MR) is 126 cm³/mol. The van der Waals surface area contributed by atoms with Crippen LogP contribution in [0.4, 0.5) is 0 Å². The molecule has 2 amide bonds. The zero-order valence-corrected chi connectivity index (χ0v) is 19.9. The quantitative estimate of drug-likeness (QED) is 0.672. The van der Waals surface area contributed by atoms with Crippen LogP contribution in [0.1, 0.15) is 53.7 Å². The normalized spacial score (nSPS) is 18.4. The summed E-state index contributed by atoms with van der Waals surface area (Å²) in [6.07, 6.45) is 0. The monoisotopic (exact) mass is 468 g/mol. The van der Waals surface area contributed by atoms with Crippen LogP contribution in [0, 0.1) is 0 Å². The molecule has 2 aliphatic heterocycles. The lowest BCUT2D eigenvalue weighted by Crippen LogP contribution is -2.40. The molecule has 0 aromatic heterocycles. The zero-order chi connectivity index (χ0) is 23.8. The van der Waals surface area contributed by atoms with Gasteiger partial charge in [-0.25, -0.2) is 12.7 Å². The minimum Gasteiger partial charge on any atom is -0.378 e. The molecule has 174 valence electrons. The molecular weight excluding hydrogens is 440 g/mol. The van der Waals surface area contributed by atoms with Gasteiger partial charge in [-0.2, -0.15) is 0 Å². The highest BCUT2D eigenvalue weighted by molar-refractivity contribution is 7.99. The van der Waals surface area contributed by atoms with E-state index in [1.54, 1.807) is 48.2 Å². The molecule has 0 N–H and O–H groups in total. The molecule has 0 bridgehead atoms. The molecule has 2 aromatic carbocycles. The Balaban J connectivity index is 1.53. The Morgan fingerprint density at radius 2 is 1.61 bits per heavy atom. The summed E-state index contributed by atoms with van der Waals surface area (Å²) in [4.78, 5) is 27.3. The highest BCUT2D eigenvalue weighted by atomic mass is 32.2. The Kier molecular flexibility index (Phi) is 6.41. The number of rotatable bonds is 5. The largest absolute Gasteiger partial charge is 0.378 e. The maximum Gasteiger partial charge on any atom is 0.268 e. The van der Waals surface area contributed by atoms with Crippen molar-refractivity contribution in [1.82, 2.24) is 9.21 Å². The van der Waals surface area contributed by atoms with Gasteiger partial charge in [0.05, 0.1) is 19.8 Å². The lowest BCUT2D eigenvalue weighted by molar-refractivity contribution is -0.122. The van der Waals surface area contributed by atoms with Crippen LogP contribution in [0.3, 0.4) is 0 Å². The van der Waals surface area contributed by atoms with Crippen molar-refractivity contribution >= 4 is 26.7 Å². The number of carbonyl (C=O) groups excluding carboxylic acids is 2. The Hall–Kier alpha value is -2.97. The molecule has 2 aliphatic rings. The van der Waals surface area contributed by atoms with Crippen LogP contribution in [-0.2, 0) is 26.1 Å². The van der Waals surface area contributed by atoms with E-state index in [4.69, 9.17) is 4.74 Å². The Morgan fingerprint density at radius 1 is 1.00 bits per heavy atom. The molecule has 1 fully saturated rings. The summed E-state index contributed by atoms with van der Waals surface area (Å²) in [7, 11) is -3.98. The lowest BCUT2D eigenvalue weighted by Gasteiger charge is -2.27. The van der Waals surface area contributed by atoms with Crippen molar-refractivity contribution < 1.29 is 22.7 Å². The number of morpholine rings is 1. The smallest absolute Gasteiger partial charge is 0.268 e. The minimum absolute atomic E-state index is 0.0573. The first-order chi connectivity index (χ1) is 15.7. The fourth-order valence-corrected chi connectivity index (χ4v) is 5.91. The summed E-state index contributed by atoms with van der Waals surface area (Å²) in [5, 5.41) is 0. The van der Waals surface area contributed by atoms with Crippen LogP contribution in [0.5, 0.6) is 0 Å². The number of ether oxygens (including phenoxy) is 1. The van der Waals surface area contributed by atoms with Gasteiger partial charge in [0, 0.05) is 24.2 Å². The van der Waals surface area contributed by atoms with Gasteiger partial charge in [-0.15, -0.1) is 0 Å². The number of benzene rings is 2. The summed E-state index contributed by atoms with van der Waals surface area (Å²) in [6, 6.07) is 14.0. The van der Waals surface area contributed by atoms with Crippen LogP contribution in [0.25, 0.3) is 4.91 Å². The van der Waals surface area contributed by atoms with E-state index in [9.17, 15) is 18.0 Å². The predicted octanol–water partition coefficient (Wildman–Crippen LogP) is 3.39. The number of hydrogen-bond donors (Lipinski definition) is 0. The van der Waals surface area contributed by atoms with E-state index in [0.717, 1.165) is 9.87 Å². The molecule has 2 aromatic rings.